The molecule has 0 atom stereocenters. The summed E-state index contributed by atoms with van der Waals surface area (Å²) in [6, 6.07) is 12.2. The molecule has 148 valence electrons. The Morgan fingerprint density at radius 1 is 1.11 bits per heavy atom. The van der Waals surface area contributed by atoms with E-state index in [1.54, 1.807) is 23.1 Å². The Morgan fingerprint density at radius 3 is 2.64 bits per heavy atom. The molecule has 0 N–H and O–H groups in total. The van der Waals surface area contributed by atoms with Gasteiger partial charge < -0.3 is 9.64 Å². The normalized spacial score (nSPS) is 15.1. The lowest BCUT2D eigenvalue weighted by Crippen LogP contribution is -2.38. The third-order valence-electron chi connectivity index (χ3n) is 4.65. The minimum absolute atomic E-state index is 0.0730. The molecule has 0 radical (unpaired) electrons. The van der Waals surface area contributed by atoms with Crippen LogP contribution in [0.3, 0.4) is 0 Å². The molecule has 3 rings (SSSR count). The maximum atomic E-state index is 13.0. The number of hydrogen-bond donors (Lipinski definition) is 0. The molecular formula is C20H22FN3O4. The van der Waals surface area contributed by atoms with Crippen LogP contribution in [0.15, 0.2) is 48.5 Å². The summed E-state index contributed by atoms with van der Waals surface area (Å²) in [7, 11) is 0. The van der Waals surface area contributed by atoms with E-state index >= 15 is 0 Å². The molecule has 8 heteroatoms. The van der Waals surface area contributed by atoms with Crippen LogP contribution in [-0.4, -0.2) is 53.4 Å². The maximum Gasteiger partial charge on any atom is 0.273 e. The number of non-ortho nitro benzene ring substituents is 1. The highest BCUT2D eigenvalue weighted by atomic mass is 19.1. The number of nitro groups is 1. The zero-order valence-electron chi connectivity index (χ0n) is 15.4. The van der Waals surface area contributed by atoms with Crippen LogP contribution in [0.25, 0.3) is 0 Å². The highest BCUT2D eigenvalue weighted by molar-refractivity contribution is 5.77. The summed E-state index contributed by atoms with van der Waals surface area (Å²) in [5, 5.41) is 10.8. The van der Waals surface area contributed by atoms with Crippen LogP contribution in [0.2, 0.25) is 0 Å². The van der Waals surface area contributed by atoms with E-state index in [9.17, 15) is 19.3 Å². The van der Waals surface area contributed by atoms with E-state index in [-0.39, 0.29) is 24.0 Å². The molecule has 1 heterocycles. The molecule has 1 amide bonds. The van der Waals surface area contributed by atoms with Gasteiger partial charge in [-0.3, -0.25) is 19.8 Å². The predicted octanol–water partition coefficient (Wildman–Crippen LogP) is 2.85. The Morgan fingerprint density at radius 2 is 1.89 bits per heavy atom. The maximum absolute atomic E-state index is 13.0. The van der Waals surface area contributed by atoms with E-state index in [0.717, 1.165) is 25.1 Å². The molecule has 28 heavy (non-hydrogen) atoms. The molecule has 1 aliphatic rings. The van der Waals surface area contributed by atoms with Gasteiger partial charge in [-0.05, 0) is 30.2 Å². The standard InChI is InChI=1S/C20H22FN3O4/c21-17-7-5-16(6-8-17)14-22-9-2-10-23(12-11-22)20(25)15-28-19-4-1-3-18(13-19)24(26)27/h1,3-8,13H,2,9-12,14-15H2. The van der Waals surface area contributed by atoms with Gasteiger partial charge in [-0.1, -0.05) is 18.2 Å². The van der Waals surface area contributed by atoms with Gasteiger partial charge >= 0.3 is 0 Å². The van der Waals surface area contributed by atoms with Gasteiger partial charge in [0.15, 0.2) is 6.61 Å². The Bertz CT molecular complexity index is 828. The number of halogens is 1. The van der Waals surface area contributed by atoms with Gasteiger partial charge in [0.05, 0.1) is 11.0 Å². The largest absolute Gasteiger partial charge is 0.484 e. The van der Waals surface area contributed by atoms with Gasteiger partial charge in [0, 0.05) is 38.8 Å². The van der Waals surface area contributed by atoms with Crippen molar-refractivity contribution in [2.24, 2.45) is 0 Å². The summed E-state index contributed by atoms with van der Waals surface area (Å²) < 4.78 is 18.5. The molecule has 2 aromatic rings. The minimum Gasteiger partial charge on any atom is -0.484 e. The van der Waals surface area contributed by atoms with Crippen LogP contribution in [0.1, 0.15) is 12.0 Å². The first-order valence-electron chi connectivity index (χ1n) is 9.13. The topological polar surface area (TPSA) is 75.9 Å². The van der Waals surface area contributed by atoms with Crippen LogP contribution >= 0.6 is 0 Å². The predicted molar refractivity (Wildman–Crippen MR) is 101 cm³/mol. The minimum atomic E-state index is -0.501. The second-order valence-corrected chi connectivity index (χ2v) is 6.68. The average molecular weight is 387 g/mol. The van der Waals surface area contributed by atoms with Crippen LogP contribution in [-0.2, 0) is 11.3 Å². The second-order valence-electron chi connectivity index (χ2n) is 6.68. The fourth-order valence-corrected chi connectivity index (χ4v) is 3.15. The van der Waals surface area contributed by atoms with Crippen molar-refractivity contribution >= 4 is 11.6 Å². The molecule has 0 unspecified atom stereocenters. The molecule has 1 aliphatic heterocycles. The summed E-state index contributed by atoms with van der Waals surface area (Å²) in [6.45, 7) is 3.35. The van der Waals surface area contributed by atoms with Gasteiger partial charge in [-0.2, -0.15) is 0 Å². The number of carbonyl (C=O) groups excluding carboxylic acids is 1. The number of amides is 1. The zero-order valence-corrected chi connectivity index (χ0v) is 15.4. The van der Waals surface area contributed by atoms with Crippen molar-refractivity contribution in [3.05, 3.63) is 70.0 Å². The van der Waals surface area contributed by atoms with Gasteiger partial charge in [-0.25, -0.2) is 4.39 Å². The number of nitro benzene ring substituents is 1. The number of rotatable bonds is 6. The van der Waals surface area contributed by atoms with E-state index in [1.807, 2.05) is 0 Å². The Kier molecular flexibility index (Phi) is 6.54. The lowest BCUT2D eigenvalue weighted by atomic mass is 10.2. The number of ether oxygens (including phenoxy) is 1. The molecular weight excluding hydrogens is 365 g/mol. The molecule has 0 saturated carbocycles. The molecule has 0 bridgehead atoms. The number of nitrogens with zero attached hydrogens (tertiary/aromatic N) is 3. The Hall–Kier alpha value is -3.00. The van der Waals surface area contributed by atoms with E-state index in [4.69, 9.17) is 4.74 Å². The molecule has 7 nitrogen and oxygen atoms in total. The number of carbonyl (C=O) groups is 1. The molecule has 2 aromatic carbocycles. The highest BCUT2D eigenvalue weighted by Gasteiger charge is 2.20. The van der Waals surface area contributed by atoms with Crippen molar-refractivity contribution in [3.63, 3.8) is 0 Å². The lowest BCUT2D eigenvalue weighted by molar-refractivity contribution is -0.384. The summed E-state index contributed by atoms with van der Waals surface area (Å²) in [5.74, 6) is -0.0921. The number of benzene rings is 2. The number of hydrogen-bond acceptors (Lipinski definition) is 5. The van der Waals surface area contributed by atoms with Crippen molar-refractivity contribution < 1.29 is 18.8 Å². The van der Waals surface area contributed by atoms with Crippen molar-refractivity contribution in [1.29, 1.82) is 0 Å². The first kappa shape index (κ1) is 19.8. The lowest BCUT2D eigenvalue weighted by Gasteiger charge is -2.22. The van der Waals surface area contributed by atoms with Gasteiger partial charge in [-0.15, -0.1) is 0 Å². The summed E-state index contributed by atoms with van der Waals surface area (Å²) in [4.78, 5) is 26.7. The third kappa shape index (κ3) is 5.50. The van der Waals surface area contributed by atoms with E-state index in [0.29, 0.717) is 25.4 Å². The SMILES string of the molecule is O=C(COc1cccc([N+](=O)[O-])c1)N1CCCN(Cc2ccc(F)cc2)CC1. The van der Waals surface area contributed by atoms with Gasteiger partial charge in [0.1, 0.15) is 11.6 Å². The van der Waals surface area contributed by atoms with Crippen LogP contribution in [0.5, 0.6) is 5.75 Å². The fourth-order valence-electron chi connectivity index (χ4n) is 3.15. The van der Waals surface area contributed by atoms with Crippen molar-refractivity contribution in [2.75, 3.05) is 32.8 Å². The van der Waals surface area contributed by atoms with Crippen molar-refractivity contribution in [3.8, 4) is 5.75 Å². The molecule has 0 spiro atoms. The first-order valence-corrected chi connectivity index (χ1v) is 9.13. The molecule has 0 aromatic heterocycles. The summed E-state index contributed by atoms with van der Waals surface area (Å²) >= 11 is 0. The van der Waals surface area contributed by atoms with Gasteiger partial charge in [0.25, 0.3) is 11.6 Å². The Balaban J connectivity index is 1.49. The van der Waals surface area contributed by atoms with Crippen molar-refractivity contribution in [2.45, 2.75) is 13.0 Å². The van der Waals surface area contributed by atoms with Crippen LogP contribution < -0.4 is 4.74 Å². The van der Waals surface area contributed by atoms with Crippen LogP contribution in [0.4, 0.5) is 10.1 Å². The van der Waals surface area contributed by atoms with Crippen LogP contribution in [0, 0.1) is 15.9 Å². The molecule has 1 saturated heterocycles. The average Bonchev–Trinajstić information content (AvgIpc) is 2.94. The molecule has 0 aliphatic carbocycles. The van der Waals surface area contributed by atoms with E-state index in [1.165, 1.54) is 30.3 Å². The highest BCUT2D eigenvalue weighted by Crippen LogP contribution is 2.19. The fraction of sp³-hybridized carbons (Fsp3) is 0.350. The first-order chi connectivity index (χ1) is 13.5. The monoisotopic (exact) mass is 387 g/mol. The van der Waals surface area contributed by atoms with Gasteiger partial charge in [0.2, 0.25) is 0 Å². The van der Waals surface area contributed by atoms with Crippen molar-refractivity contribution in [1.82, 2.24) is 9.80 Å². The van der Waals surface area contributed by atoms with E-state index < -0.39 is 4.92 Å². The third-order valence-corrected chi connectivity index (χ3v) is 4.65. The summed E-state index contributed by atoms with van der Waals surface area (Å²) in [6.07, 6.45) is 0.837. The second kappa shape index (κ2) is 9.27. The summed E-state index contributed by atoms with van der Waals surface area (Å²) in [5.41, 5.74) is 0.964. The Labute approximate surface area is 162 Å². The molecule has 1 fully saturated rings. The van der Waals surface area contributed by atoms with E-state index in [2.05, 4.69) is 4.90 Å². The smallest absolute Gasteiger partial charge is 0.273 e. The zero-order chi connectivity index (χ0) is 19.9. The quantitative estimate of drug-likeness (QED) is 0.563.